The van der Waals surface area contributed by atoms with E-state index < -0.39 is 0 Å². The Morgan fingerprint density at radius 3 is 2.35 bits per heavy atom. The van der Waals surface area contributed by atoms with Crippen LogP contribution in [0.1, 0.15) is 0 Å². The van der Waals surface area contributed by atoms with E-state index in [4.69, 9.17) is 14.2 Å². The summed E-state index contributed by atoms with van der Waals surface area (Å²) in [6.07, 6.45) is 0. The molecule has 0 aliphatic rings. The zero-order valence-corrected chi connectivity index (χ0v) is 15.4. The standard InChI is InChI=1S/C18H18N2O5S/c1-23-13-8-11(9-14(24-2)17(13)25-3)19-16(21)10-20-12-6-4-5-7-15(12)26-18(20)22/h4-9H,10H2,1-3H3,(H,19,21). The van der Waals surface area contributed by atoms with E-state index in [0.29, 0.717) is 22.9 Å². The number of para-hydroxylation sites is 1. The number of rotatable bonds is 6. The Labute approximate surface area is 153 Å². The van der Waals surface area contributed by atoms with Gasteiger partial charge in [0.2, 0.25) is 11.7 Å². The van der Waals surface area contributed by atoms with E-state index in [1.807, 2.05) is 24.3 Å². The van der Waals surface area contributed by atoms with Crippen molar-refractivity contribution >= 4 is 33.1 Å². The first-order valence-electron chi connectivity index (χ1n) is 7.75. The van der Waals surface area contributed by atoms with Crippen LogP contribution in [0.5, 0.6) is 17.2 Å². The van der Waals surface area contributed by atoms with Crippen LogP contribution in [-0.2, 0) is 11.3 Å². The van der Waals surface area contributed by atoms with Crippen LogP contribution >= 0.6 is 11.3 Å². The number of aromatic nitrogens is 1. The Balaban J connectivity index is 1.86. The molecular formula is C18H18N2O5S. The van der Waals surface area contributed by atoms with Gasteiger partial charge in [-0.05, 0) is 12.1 Å². The average Bonchev–Trinajstić information content (AvgIpc) is 2.96. The average molecular weight is 374 g/mol. The third-order valence-electron chi connectivity index (χ3n) is 3.82. The molecule has 0 aliphatic heterocycles. The first-order chi connectivity index (χ1) is 12.6. The van der Waals surface area contributed by atoms with Crippen LogP contribution < -0.4 is 24.4 Å². The quantitative estimate of drug-likeness (QED) is 0.718. The minimum atomic E-state index is -0.329. The highest BCUT2D eigenvalue weighted by Crippen LogP contribution is 2.39. The van der Waals surface area contributed by atoms with Gasteiger partial charge in [-0.1, -0.05) is 23.5 Å². The summed E-state index contributed by atoms with van der Waals surface area (Å²) in [6.45, 7) is -0.0838. The third kappa shape index (κ3) is 3.36. The largest absolute Gasteiger partial charge is 0.493 e. The molecule has 3 aromatic rings. The van der Waals surface area contributed by atoms with Crippen molar-refractivity contribution in [2.75, 3.05) is 26.6 Å². The maximum atomic E-state index is 12.5. The number of amides is 1. The second-order valence-corrected chi connectivity index (χ2v) is 6.38. The number of ether oxygens (including phenoxy) is 3. The minimum absolute atomic E-state index is 0.0838. The van der Waals surface area contributed by atoms with E-state index in [1.54, 1.807) is 12.1 Å². The molecule has 8 heteroatoms. The SMILES string of the molecule is COc1cc(NC(=O)Cn2c(=O)sc3ccccc32)cc(OC)c1OC. The fourth-order valence-corrected chi connectivity index (χ4v) is 3.55. The zero-order chi connectivity index (χ0) is 18.7. The molecule has 1 aromatic heterocycles. The number of methoxy groups -OCH3 is 3. The Bertz CT molecular complexity index is 983. The molecule has 3 rings (SSSR count). The van der Waals surface area contributed by atoms with Gasteiger partial charge in [-0.3, -0.25) is 14.2 Å². The van der Waals surface area contributed by atoms with Crippen LogP contribution in [0.25, 0.3) is 10.2 Å². The number of hydrogen-bond acceptors (Lipinski definition) is 6. The van der Waals surface area contributed by atoms with E-state index in [-0.39, 0.29) is 17.3 Å². The molecule has 0 saturated carbocycles. The molecule has 26 heavy (non-hydrogen) atoms. The van der Waals surface area contributed by atoms with Crippen molar-refractivity contribution in [1.82, 2.24) is 4.57 Å². The lowest BCUT2D eigenvalue weighted by molar-refractivity contribution is -0.116. The summed E-state index contributed by atoms with van der Waals surface area (Å²) in [5.74, 6) is 0.971. The molecule has 0 radical (unpaired) electrons. The van der Waals surface area contributed by atoms with Gasteiger partial charge in [0.25, 0.3) is 0 Å². The van der Waals surface area contributed by atoms with E-state index in [2.05, 4.69) is 5.32 Å². The van der Waals surface area contributed by atoms with Gasteiger partial charge < -0.3 is 19.5 Å². The smallest absolute Gasteiger partial charge is 0.308 e. The van der Waals surface area contributed by atoms with E-state index >= 15 is 0 Å². The molecule has 0 unspecified atom stereocenters. The van der Waals surface area contributed by atoms with E-state index in [0.717, 1.165) is 21.6 Å². The lowest BCUT2D eigenvalue weighted by Crippen LogP contribution is -2.24. The molecule has 0 fully saturated rings. The van der Waals surface area contributed by atoms with Gasteiger partial charge in [-0.15, -0.1) is 0 Å². The van der Waals surface area contributed by atoms with Crippen LogP contribution in [0.2, 0.25) is 0 Å². The molecule has 0 aliphatic carbocycles. The number of hydrogen-bond donors (Lipinski definition) is 1. The first-order valence-corrected chi connectivity index (χ1v) is 8.57. The van der Waals surface area contributed by atoms with Gasteiger partial charge in [0.15, 0.2) is 11.5 Å². The van der Waals surface area contributed by atoms with Gasteiger partial charge in [-0.25, -0.2) is 0 Å². The number of benzene rings is 2. The molecule has 1 heterocycles. The number of fused-ring (bicyclic) bond motifs is 1. The first kappa shape index (κ1) is 17.8. The van der Waals surface area contributed by atoms with Crippen molar-refractivity contribution in [3.63, 3.8) is 0 Å². The monoisotopic (exact) mass is 374 g/mol. The normalized spacial score (nSPS) is 10.6. The highest BCUT2D eigenvalue weighted by Gasteiger charge is 2.16. The molecule has 2 aromatic carbocycles. The van der Waals surface area contributed by atoms with Gasteiger partial charge >= 0.3 is 4.87 Å². The van der Waals surface area contributed by atoms with Gasteiger partial charge in [0, 0.05) is 17.8 Å². The number of thiazole rings is 1. The van der Waals surface area contributed by atoms with Crippen molar-refractivity contribution in [3.8, 4) is 17.2 Å². The van der Waals surface area contributed by atoms with Crippen LogP contribution in [-0.4, -0.2) is 31.8 Å². The number of nitrogens with one attached hydrogen (secondary N) is 1. The summed E-state index contributed by atoms with van der Waals surface area (Å²) < 4.78 is 18.1. The maximum Gasteiger partial charge on any atom is 0.308 e. The van der Waals surface area contributed by atoms with Gasteiger partial charge in [0.1, 0.15) is 6.54 Å². The lowest BCUT2D eigenvalue weighted by Gasteiger charge is -2.14. The van der Waals surface area contributed by atoms with Crippen molar-refractivity contribution in [2.24, 2.45) is 0 Å². The molecule has 136 valence electrons. The topological polar surface area (TPSA) is 78.8 Å². The van der Waals surface area contributed by atoms with Crippen molar-refractivity contribution in [2.45, 2.75) is 6.54 Å². The summed E-state index contributed by atoms with van der Waals surface area (Å²) in [4.78, 5) is 24.4. The van der Waals surface area contributed by atoms with E-state index in [9.17, 15) is 9.59 Å². The Hall–Kier alpha value is -3.00. The summed E-state index contributed by atoms with van der Waals surface area (Å²) in [5.41, 5.74) is 1.22. The number of nitrogens with zero attached hydrogens (tertiary/aromatic N) is 1. The van der Waals surface area contributed by atoms with Crippen LogP contribution in [0.3, 0.4) is 0 Å². The molecule has 0 spiro atoms. The zero-order valence-electron chi connectivity index (χ0n) is 14.6. The Morgan fingerprint density at radius 1 is 1.08 bits per heavy atom. The molecule has 7 nitrogen and oxygen atoms in total. The lowest BCUT2D eigenvalue weighted by atomic mass is 10.2. The summed E-state index contributed by atoms with van der Waals surface area (Å²) in [5, 5.41) is 2.76. The predicted octanol–water partition coefficient (Wildman–Crippen LogP) is 2.73. The minimum Gasteiger partial charge on any atom is -0.493 e. The Morgan fingerprint density at radius 2 is 1.73 bits per heavy atom. The van der Waals surface area contributed by atoms with Gasteiger partial charge in [0.05, 0.1) is 31.5 Å². The molecular weight excluding hydrogens is 356 g/mol. The number of anilines is 1. The van der Waals surface area contributed by atoms with Crippen LogP contribution in [0, 0.1) is 0 Å². The van der Waals surface area contributed by atoms with Crippen molar-refractivity contribution in [1.29, 1.82) is 0 Å². The number of carbonyl (C=O) groups is 1. The molecule has 0 bridgehead atoms. The molecule has 0 saturated heterocycles. The highest BCUT2D eigenvalue weighted by atomic mass is 32.1. The van der Waals surface area contributed by atoms with Crippen molar-refractivity contribution < 1.29 is 19.0 Å². The molecule has 1 amide bonds. The fraction of sp³-hybridized carbons (Fsp3) is 0.222. The molecule has 0 atom stereocenters. The maximum absolute atomic E-state index is 12.5. The number of carbonyl (C=O) groups excluding carboxylic acids is 1. The Kier molecular flexibility index (Phi) is 5.13. The summed E-state index contributed by atoms with van der Waals surface area (Å²) >= 11 is 1.11. The summed E-state index contributed by atoms with van der Waals surface area (Å²) in [7, 11) is 4.51. The van der Waals surface area contributed by atoms with Crippen LogP contribution in [0.4, 0.5) is 5.69 Å². The predicted molar refractivity (Wildman–Crippen MR) is 101 cm³/mol. The third-order valence-corrected chi connectivity index (χ3v) is 4.78. The molecule has 1 N–H and O–H groups in total. The van der Waals surface area contributed by atoms with Gasteiger partial charge in [-0.2, -0.15) is 0 Å². The van der Waals surface area contributed by atoms with Crippen molar-refractivity contribution in [3.05, 3.63) is 46.1 Å². The fourth-order valence-electron chi connectivity index (χ4n) is 2.66. The summed E-state index contributed by atoms with van der Waals surface area (Å²) in [6, 6.07) is 10.6. The van der Waals surface area contributed by atoms with Crippen LogP contribution in [0.15, 0.2) is 41.2 Å². The van der Waals surface area contributed by atoms with E-state index in [1.165, 1.54) is 25.9 Å². The second kappa shape index (κ2) is 7.49. The highest BCUT2D eigenvalue weighted by molar-refractivity contribution is 7.16. The second-order valence-electron chi connectivity index (χ2n) is 5.38.